The van der Waals surface area contributed by atoms with Crippen LogP contribution in [0.1, 0.15) is 40.4 Å². The molecule has 4 rings (SSSR count). The molecule has 1 aliphatic rings. The second-order valence-electron chi connectivity index (χ2n) is 9.49. The molecule has 37 heavy (non-hydrogen) atoms. The van der Waals surface area contributed by atoms with Crippen LogP contribution in [-0.2, 0) is 24.3 Å². The Morgan fingerprint density at radius 1 is 1.00 bits per heavy atom. The fourth-order valence-corrected chi connectivity index (χ4v) is 4.90. The van der Waals surface area contributed by atoms with Gasteiger partial charge < -0.3 is 15.4 Å². The van der Waals surface area contributed by atoms with Gasteiger partial charge in [-0.15, -0.1) is 0 Å². The number of ether oxygens (including phenoxy) is 1. The predicted molar refractivity (Wildman–Crippen MR) is 147 cm³/mol. The van der Waals surface area contributed by atoms with Crippen molar-refractivity contribution in [3.05, 3.63) is 100 Å². The summed E-state index contributed by atoms with van der Waals surface area (Å²) in [6.45, 7) is 4.19. The molecule has 194 valence electrons. The van der Waals surface area contributed by atoms with E-state index in [1.165, 1.54) is 5.56 Å². The molecular formula is C30H34ClN3O3. The van der Waals surface area contributed by atoms with Crippen LogP contribution in [0.4, 0.5) is 0 Å². The number of benzene rings is 3. The summed E-state index contributed by atoms with van der Waals surface area (Å²) in [4.78, 5) is 27.0. The molecule has 0 saturated carbocycles. The third-order valence-electron chi connectivity index (χ3n) is 6.86. The van der Waals surface area contributed by atoms with Crippen molar-refractivity contribution in [1.82, 2.24) is 15.5 Å². The Hall–Kier alpha value is -3.19. The molecule has 2 atom stereocenters. The van der Waals surface area contributed by atoms with E-state index in [0.717, 1.165) is 36.4 Å². The van der Waals surface area contributed by atoms with Crippen LogP contribution >= 0.6 is 11.6 Å². The fraction of sp³-hybridized carbons (Fsp3) is 0.333. The average Bonchev–Trinajstić information content (AvgIpc) is 3.32. The highest BCUT2D eigenvalue weighted by Crippen LogP contribution is 2.25. The van der Waals surface area contributed by atoms with Crippen molar-refractivity contribution >= 4 is 23.3 Å². The van der Waals surface area contributed by atoms with E-state index in [4.69, 9.17) is 16.3 Å². The molecule has 0 aromatic heterocycles. The highest BCUT2D eigenvalue weighted by molar-refractivity contribution is 6.31. The van der Waals surface area contributed by atoms with Crippen molar-refractivity contribution in [3.8, 4) is 5.75 Å². The third kappa shape index (κ3) is 7.41. The number of nitrogens with one attached hydrogen (secondary N) is 2. The van der Waals surface area contributed by atoms with Crippen LogP contribution in [0.5, 0.6) is 5.75 Å². The quantitative estimate of drug-likeness (QED) is 0.361. The van der Waals surface area contributed by atoms with Crippen LogP contribution in [0.2, 0.25) is 5.02 Å². The topological polar surface area (TPSA) is 70.7 Å². The zero-order chi connectivity index (χ0) is 26.2. The Morgan fingerprint density at radius 3 is 2.38 bits per heavy atom. The van der Waals surface area contributed by atoms with Gasteiger partial charge in [0.1, 0.15) is 5.75 Å². The van der Waals surface area contributed by atoms with Crippen LogP contribution in [0, 0.1) is 0 Å². The molecular weight excluding hydrogens is 486 g/mol. The van der Waals surface area contributed by atoms with Crippen molar-refractivity contribution in [2.75, 3.05) is 20.2 Å². The number of hydrogen-bond donors (Lipinski definition) is 2. The number of carbonyl (C=O) groups excluding carboxylic acids is 2. The van der Waals surface area contributed by atoms with Gasteiger partial charge in [0.05, 0.1) is 13.2 Å². The van der Waals surface area contributed by atoms with Crippen molar-refractivity contribution in [3.63, 3.8) is 0 Å². The van der Waals surface area contributed by atoms with Gasteiger partial charge in [0, 0.05) is 42.8 Å². The summed E-state index contributed by atoms with van der Waals surface area (Å²) in [5.41, 5.74) is 3.97. The number of likely N-dealkylation sites (tertiary alicyclic amines) is 1. The lowest BCUT2D eigenvalue weighted by atomic mass is 10.1. The highest BCUT2D eigenvalue weighted by atomic mass is 35.5. The molecule has 2 N–H and O–H groups in total. The summed E-state index contributed by atoms with van der Waals surface area (Å²) < 4.78 is 5.25. The highest BCUT2D eigenvalue weighted by Gasteiger charge is 2.36. The van der Waals surface area contributed by atoms with E-state index in [0.29, 0.717) is 30.1 Å². The molecule has 1 fully saturated rings. The molecule has 1 aliphatic heterocycles. The van der Waals surface area contributed by atoms with E-state index in [1.54, 1.807) is 14.0 Å². The van der Waals surface area contributed by atoms with Crippen LogP contribution in [0.3, 0.4) is 0 Å². The Balaban J connectivity index is 1.37. The SMILES string of the molecule is COc1ccc(CNC2CC(C(=O)NCCc3ccc(C(C)=O)cc3)N(Cc3ccccc3Cl)C2)cc1. The number of ketones is 1. The predicted octanol–water partition coefficient (Wildman–Crippen LogP) is 4.64. The third-order valence-corrected chi connectivity index (χ3v) is 7.23. The summed E-state index contributed by atoms with van der Waals surface area (Å²) in [6.07, 6.45) is 1.43. The number of hydrogen-bond acceptors (Lipinski definition) is 5. The summed E-state index contributed by atoms with van der Waals surface area (Å²) in [7, 11) is 1.66. The van der Waals surface area contributed by atoms with Gasteiger partial charge in [-0.1, -0.05) is 66.2 Å². The number of Topliss-reactive ketones (excluding diaryl/α,β-unsaturated/α-hetero) is 1. The Labute approximate surface area is 224 Å². The maximum absolute atomic E-state index is 13.3. The van der Waals surface area contributed by atoms with Crippen LogP contribution in [0.25, 0.3) is 0 Å². The van der Waals surface area contributed by atoms with Crippen molar-refractivity contribution in [1.29, 1.82) is 0 Å². The average molecular weight is 520 g/mol. The minimum atomic E-state index is -0.246. The van der Waals surface area contributed by atoms with Crippen molar-refractivity contribution in [2.24, 2.45) is 0 Å². The zero-order valence-corrected chi connectivity index (χ0v) is 22.1. The molecule has 0 spiro atoms. The van der Waals surface area contributed by atoms with E-state index < -0.39 is 0 Å². The monoisotopic (exact) mass is 519 g/mol. The number of carbonyl (C=O) groups is 2. The lowest BCUT2D eigenvalue weighted by Gasteiger charge is -2.24. The minimum Gasteiger partial charge on any atom is -0.497 e. The molecule has 2 unspecified atom stereocenters. The molecule has 1 saturated heterocycles. The van der Waals surface area contributed by atoms with E-state index in [2.05, 4.69) is 27.7 Å². The van der Waals surface area contributed by atoms with Gasteiger partial charge in [0.2, 0.25) is 5.91 Å². The van der Waals surface area contributed by atoms with E-state index in [1.807, 2.05) is 60.7 Å². The molecule has 3 aromatic rings. The number of halogens is 1. The van der Waals surface area contributed by atoms with Crippen LogP contribution in [-0.4, -0.2) is 48.9 Å². The van der Waals surface area contributed by atoms with Gasteiger partial charge in [0.15, 0.2) is 5.78 Å². The lowest BCUT2D eigenvalue weighted by molar-refractivity contribution is -0.125. The summed E-state index contributed by atoms with van der Waals surface area (Å²) in [5.74, 6) is 0.915. The van der Waals surface area contributed by atoms with Gasteiger partial charge in [-0.05, 0) is 54.7 Å². The number of nitrogens with zero attached hydrogens (tertiary/aromatic N) is 1. The Morgan fingerprint density at radius 2 is 1.70 bits per heavy atom. The summed E-state index contributed by atoms with van der Waals surface area (Å²) >= 11 is 6.44. The summed E-state index contributed by atoms with van der Waals surface area (Å²) in [6, 6.07) is 23.3. The Kier molecular flexibility index (Phi) is 9.34. The number of methoxy groups -OCH3 is 1. The molecule has 0 radical (unpaired) electrons. The molecule has 6 nitrogen and oxygen atoms in total. The molecule has 1 heterocycles. The first-order chi connectivity index (χ1) is 17.9. The first-order valence-corrected chi connectivity index (χ1v) is 13.0. The largest absolute Gasteiger partial charge is 0.497 e. The maximum atomic E-state index is 13.3. The molecule has 0 bridgehead atoms. The van der Waals surface area contributed by atoms with Gasteiger partial charge in [0.25, 0.3) is 0 Å². The first kappa shape index (κ1) is 26.9. The van der Waals surface area contributed by atoms with Crippen LogP contribution < -0.4 is 15.4 Å². The normalized spacial score (nSPS) is 17.5. The zero-order valence-electron chi connectivity index (χ0n) is 21.4. The number of rotatable bonds is 11. The van der Waals surface area contributed by atoms with E-state index in [-0.39, 0.29) is 23.8 Å². The first-order valence-electron chi connectivity index (χ1n) is 12.6. The maximum Gasteiger partial charge on any atom is 0.237 e. The lowest BCUT2D eigenvalue weighted by Crippen LogP contribution is -2.43. The van der Waals surface area contributed by atoms with Gasteiger partial charge in [-0.25, -0.2) is 0 Å². The molecule has 0 aliphatic carbocycles. The fourth-order valence-electron chi connectivity index (χ4n) is 4.70. The second-order valence-corrected chi connectivity index (χ2v) is 9.90. The van der Waals surface area contributed by atoms with Crippen LogP contribution in [0.15, 0.2) is 72.8 Å². The van der Waals surface area contributed by atoms with Gasteiger partial charge >= 0.3 is 0 Å². The van der Waals surface area contributed by atoms with E-state index in [9.17, 15) is 9.59 Å². The van der Waals surface area contributed by atoms with Gasteiger partial charge in [-0.3, -0.25) is 14.5 Å². The Bertz CT molecular complexity index is 1200. The number of amides is 1. The van der Waals surface area contributed by atoms with Gasteiger partial charge in [-0.2, -0.15) is 0 Å². The standard InChI is InChI=1S/C30H34ClN3O3/c1-21(35)24-11-7-22(8-12-24)15-16-32-30(36)29-17-26(33-18-23-9-13-27(37-2)14-10-23)20-34(29)19-25-5-3-4-6-28(25)31/h3-14,26,29,33H,15-20H2,1-2H3,(H,32,36). The molecule has 7 heteroatoms. The van der Waals surface area contributed by atoms with Crippen molar-refractivity contribution in [2.45, 2.75) is 44.9 Å². The molecule has 1 amide bonds. The minimum absolute atomic E-state index is 0.0288. The molecule has 3 aromatic carbocycles. The van der Waals surface area contributed by atoms with Crippen molar-refractivity contribution < 1.29 is 14.3 Å². The smallest absolute Gasteiger partial charge is 0.237 e. The van der Waals surface area contributed by atoms with E-state index >= 15 is 0 Å². The summed E-state index contributed by atoms with van der Waals surface area (Å²) in [5, 5.41) is 7.46. The second kappa shape index (κ2) is 12.9.